The Balaban J connectivity index is 1.57. The van der Waals surface area contributed by atoms with E-state index >= 15 is 0 Å². The third-order valence-electron chi connectivity index (χ3n) is 5.22. The highest BCUT2D eigenvalue weighted by Crippen LogP contribution is 2.22. The molecule has 0 bridgehead atoms. The molecular weight excluding hydrogens is 338 g/mol. The molecule has 0 aliphatic carbocycles. The topological polar surface area (TPSA) is 75.4 Å². The first-order chi connectivity index (χ1) is 13.1. The van der Waals surface area contributed by atoms with E-state index in [1.807, 2.05) is 60.7 Å². The summed E-state index contributed by atoms with van der Waals surface area (Å²) in [5, 5.41) is 3.18. The Bertz CT molecular complexity index is 701. The van der Waals surface area contributed by atoms with Crippen LogP contribution in [-0.2, 0) is 9.59 Å². The fourth-order valence-electron chi connectivity index (χ4n) is 3.58. The molecule has 142 valence electrons. The van der Waals surface area contributed by atoms with Gasteiger partial charge in [0.25, 0.3) is 0 Å². The number of carbonyl (C=O) groups excluding carboxylic acids is 2. The Kier molecular flexibility index (Phi) is 6.60. The highest BCUT2D eigenvalue weighted by atomic mass is 16.2. The first kappa shape index (κ1) is 19.1. The molecule has 1 heterocycles. The fourth-order valence-corrected chi connectivity index (χ4v) is 3.58. The van der Waals surface area contributed by atoms with Crippen molar-refractivity contribution in [3.05, 3.63) is 71.8 Å². The number of nitrogens with one attached hydrogen (secondary N) is 1. The molecule has 2 amide bonds. The van der Waals surface area contributed by atoms with Crippen molar-refractivity contribution < 1.29 is 9.59 Å². The summed E-state index contributed by atoms with van der Waals surface area (Å²) < 4.78 is 0. The minimum Gasteiger partial charge on any atom is -0.369 e. The molecule has 0 aromatic heterocycles. The summed E-state index contributed by atoms with van der Waals surface area (Å²) in [4.78, 5) is 26.1. The molecule has 0 radical (unpaired) electrons. The third kappa shape index (κ3) is 5.41. The number of primary amides is 1. The van der Waals surface area contributed by atoms with E-state index in [2.05, 4.69) is 10.2 Å². The minimum atomic E-state index is -0.207. The van der Waals surface area contributed by atoms with Crippen LogP contribution in [0.5, 0.6) is 0 Å². The SMILES string of the molecule is NC(=O)C1CCN(CCC(=O)NC(c2ccccc2)c2ccccc2)CC1. The lowest BCUT2D eigenvalue weighted by atomic mass is 9.96. The normalized spacial score (nSPS) is 15.6. The summed E-state index contributed by atoms with van der Waals surface area (Å²) in [7, 11) is 0. The van der Waals surface area contributed by atoms with Gasteiger partial charge in [-0.05, 0) is 37.1 Å². The number of carbonyl (C=O) groups is 2. The summed E-state index contributed by atoms with van der Waals surface area (Å²) in [6.45, 7) is 2.34. The molecule has 0 atom stereocenters. The van der Waals surface area contributed by atoms with Crippen molar-refractivity contribution in [3.8, 4) is 0 Å². The van der Waals surface area contributed by atoms with Crippen LogP contribution < -0.4 is 11.1 Å². The van der Waals surface area contributed by atoms with Crippen molar-refractivity contribution in [3.63, 3.8) is 0 Å². The van der Waals surface area contributed by atoms with Crippen LogP contribution in [0.4, 0.5) is 0 Å². The zero-order chi connectivity index (χ0) is 19.1. The van der Waals surface area contributed by atoms with E-state index in [-0.39, 0.29) is 23.8 Å². The summed E-state index contributed by atoms with van der Waals surface area (Å²) >= 11 is 0. The second-order valence-corrected chi connectivity index (χ2v) is 7.09. The number of hydrogen-bond donors (Lipinski definition) is 2. The maximum Gasteiger partial charge on any atom is 0.222 e. The Morgan fingerprint density at radius 3 is 1.96 bits per heavy atom. The van der Waals surface area contributed by atoms with Crippen LogP contribution in [0, 0.1) is 5.92 Å². The molecule has 0 saturated carbocycles. The highest BCUT2D eigenvalue weighted by molar-refractivity contribution is 5.77. The molecule has 2 aromatic carbocycles. The van der Waals surface area contributed by atoms with E-state index in [0.717, 1.165) is 37.1 Å². The quantitative estimate of drug-likeness (QED) is 0.791. The number of piperidine rings is 1. The molecule has 0 unspecified atom stereocenters. The predicted molar refractivity (Wildman–Crippen MR) is 106 cm³/mol. The molecule has 1 aliphatic rings. The lowest BCUT2D eigenvalue weighted by molar-refractivity contribution is -0.124. The van der Waals surface area contributed by atoms with Gasteiger partial charge in [0, 0.05) is 18.9 Å². The fraction of sp³-hybridized carbons (Fsp3) is 0.364. The van der Waals surface area contributed by atoms with Gasteiger partial charge < -0.3 is 16.0 Å². The van der Waals surface area contributed by atoms with Gasteiger partial charge in [0.1, 0.15) is 0 Å². The van der Waals surface area contributed by atoms with Crippen molar-refractivity contribution in [1.82, 2.24) is 10.2 Å². The highest BCUT2D eigenvalue weighted by Gasteiger charge is 2.23. The second-order valence-electron chi connectivity index (χ2n) is 7.09. The Morgan fingerprint density at radius 2 is 1.48 bits per heavy atom. The summed E-state index contributed by atoms with van der Waals surface area (Å²) in [5.41, 5.74) is 7.52. The number of likely N-dealkylation sites (tertiary alicyclic amines) is 1. The number of nitrogens with zero attached hydrogens (tertiary/aromatic N) is 1. The average molecular weight is 365 g/mol. The average Bonchev–Trinajstić information content (AvgIpc) is 2.72. The molecular formula is C22H27N3O2. The molecule has 0 spiro atoms. The first-order valence-corrected chi connectivity index (χ1v) is 9.54. The molecule has 5 nitrogen and oxygen atoms in total. The molecule has 3 N–H and O–H groups in total. The summed E-state index contributed by atoms with van der Waals surface area (Å²) in [5.74, 6) is -0.193. The van der Waals surface area contributed by atoms with Crippen molar-refractivity contribution >= 4 is 11.8 Å². The number of hydrogen-bond acceptors (Lipinski definition) is 3. The van der Waals surface area contributed by atoms with Crippen LogP contribution in [0.25, 0.3) is 0 Å². The molecule has 27 heavy (non-hydrogen) atoms. The van der Waals surface area contributed by atoms with Crippen LogP contribution in [0.15, 0.2) is 60.7 Å². The Morgan fingerprint density at radius 1 is 0.963 bits per heavy atom. The van der Waals surface area contributed by atoms with Gasteiger partial charge in [-0.25, -0.2) is 0 Å². The van der Waals surface area contributed by atoms with E-state index in [1.54, 1.807) is 0 Å². The van der Waals surface area contributed by atoms with Gasteiger partial charge in [-0.15, -0.1) is 0 Å². The van der Waals surface area contributed by atoms with Crippen LogP contribution in [0.2, 0.25) is 0 Å². The van der Waals surface area contributed by atoms with E-state index in [4.69, 9.17) is 5.73 Å². The van der Waals surface area contributed by atoms with Gasteiger partial charge in [0.15, 0.2) is 0 Å². The number of benzene rings is 2. The first-order valence-electron chi connectivity index (χ1n) is 9.54. The summed E-state index contributed by atoms with van der Waals surface area (Å²) in [6, 6.07) is 19.9. The van der Waals surface area contributed by atoms with E-state index in [0.29, 0.717) is 13.0 Å². The number of nitrogens with two attached hydrogens (primary N) is 1. The molecule has 3 rings (SSSR count). The second kappa shape index (κ2) is 9.33. The van der Waals surface area contributed by atoms with Gasteiger partial charge in [-0.3, -0.25) is 9.59 Å². The lowest BCUT2D eigenvalue weighted by Crippen LogP contribution is -2.40. The Hall–Kier alpha value is -2.66. The lowest BCUT2D eigenvalue weighted by Gasteiger charge is -2.30. The van der Waals surface area contributed by atoms with Gasteiger partial charge in [-0.2, -0.15) is 0 Å². The van der Waals surface area contributed by atoms with Crippen molar-refractivity contribution in [1.29, 1.82) is 0 Å². The maximum atomic E-state index is 12.6. The monoisotopic (exact) mass is 365 g/mol. The van der Waals surface area contributed by atoms with E-state index < -0.39 is 0 Å². The van der Waals surface area contributed by atoms with Crippen LogP contribution in [0.1, 0.15) is 36.4 Å². The third-order valence-corrected chi connectivity index (χ3v) is 5.22. The van der Waals surface area contributed by atoms with Crippen molar-refractivity contribution in [2.45, 2.75) is 25.3 Å². The molecule has 1 aliphatic heterocycles. The molecule has 1 saturated heterocycles. The largest absolute Gasteiger partial charge is 0.369 e. The number of amides is 2. The van der Waals surface area contributed by atoms with Gasteiger partial charge in [0.2, 0.25) is 11.8 Å². The zero-order valence-electron chi connectivity index (χ0n) is 15.5. The maximum absolute atomic E-state index is 12.6. The van der Waals surface area contributed by atoms with Crippen molar-refractivity contribution in [2.75, 3.05) is 19.6 Å². The van der Waals surface area contributed by atoms with Gasteiger partial charge in [0.05, 0.1) is 6.04 Å². The van der Waals surface area contributed by atoms with Gasteiger partial charge >= 0.3 is 0 Å². The van der Waals surface area contributed by atoms with Crippen molar-refractivity contribution in [2.24, 2.45) is 11.7 Å². The Labute approximate surface area is 160 Å². The standard InChI is InChI=1S/C22H27N3O2/c23-22(27)19-11-14-25(15-12-19)16-13-20(26)24-21(17-7-3-1-4-8-17)18-9-5-2-6-10-18/h1-10,19,21H,11-16H2,(H2,23,27)(H,24,26). The molecule has 5 heteroatoms. The van der Waals surface area contributed by atoms with E-state index in [1.165, 1.54) is 0 Å². The van der Waals surface area contributed by atoms with Crippen LogP contribution in [0.3, 0.4) is 0 Å². The van der Waals surface area contributed by atoms with Crippen LogP contribution in [-0.4, -0.2) is 36.3 Å². The molecule has 2 aromatic rings. The van der Waals surface area contributed by atoms with Gasteiger partial charge in [-0.1, -0.05) is 60.7 Å². The smallest absolute Gasteiger partial charge is 0.222 e. The van der Waals surface area contributed by atoms with E-state index in [9.17, 15) is 9.59 Å². The molecule has 1 fully saturated rings. The predicted octanol–water partition coefficient (Wildman–Crippen LogP) is 2.48. The zero-order valence-corrected chi connectivity index (χ0v) is 15.5. The number of rotatable bonds is 7. The van der Waals surface area contributed by atoms with Crippen LogP contribution >= 0.6 is 0 Å². The minimum absolute atomic E-state index is 0.0179. The summed E-state index contributed by atoms with van der Waals surface area (Å²) in [6.07, 6.45) is 2.01.